The third kappa shape index (κ3) is 49.4. The lowest BCUT2D eigenvalue weighted by Gasteiger charge is -2.19. The van der Waals surface area contributed by atoms with Gasteiger partial charge in [-0.2, -0.15) is 0 Å². The number of allylic oxidation sites excluding steroid dienone is 5. The first kappa shape index (κ1) is 61.1. The summed E-state index contributed by atoms with van der Waals surface area (Å²) in [6.45, 7) is 4.85. The van der Waals surface area contributed by atoms with Gasteiger partial charge in [-0.15, -0.1) is 0 Å². The number of unbranched alkanes of at least 4 members (excludes halogenated alkanes) is 36. The Balaban J connectivity index is 3.54. The van der Waals surface area contributed by atoms with Crippen LogP contribution in [0.15, 0.2) is 36.5 Å². The number of hydrogen-bond acceptors (Lipinski definition) is 5. The van der Waals surface area contributed by atoms with E-state index in [1.54, 1.807) is 6.08 Å². The van der Waals surface area contributed by atoms with Gasteiger partial charge in [-0.1, -0.05) is 230 Å². The van der Waals surface area contributed by atoms with Crippen molar-refractivity contribution in [2.45, 2.75) is 302 Å². The molecule has 0 saturated heterocycles. The largest absolute Gasteiger partial charge is 0.466 e. The van der Waals surface area contributed by atoms with Gasteiger partial charge < -0.3 is 20.3 Å². The first-order chi connectivity index (χ1) is 31.0. The number of amides is 1. The second-order valence-electron chi connectivity index (χ2n) is 18.9. The first-order valence-corrected chi connectivity index (χ1v) is 27.8. The van der Waals surface area contributed by atoms with Gasteiger partial charge in [0, 0.05) is 12.8 Å². The molecule has 0 aromatic rings. The average Bonchev–Trinajstić information content (AvgIpc) is 3.28. The SMILES string of the molecule is CCCCCCC/C=C\CCCCCCCC(=O)OCCCCCCCC/C=C\CCCCCC(=O)NC(CO)C(O)/C=C/CCCCCCCCCCCCCCCCCCC. The Morgan fingerprint density at radius 1 is 0.429 bits per heavy atom. The van der Waals surface area contributed by atoms with Gasteiger partial charge in [0.2, 0.25) is 5.91 Å². The van der Waals surface area contributed by atoms with E-state index < -0.39 is 12.1 Å². The number of nitrogens with one attached hydrogen (secondary N) is 1. The molecule has 0 rings (SSSR count). The topological polar surface area (TPSA) is 95.9 Å². The van der Waals surface area contributed by atoms with Crippen LogP contribution in [0.5, 0.6) is 0 Å². The lowest BCUT2D eigenvalue weighted by atomic mass is 10.0. The van der Waals surface area contributed by atoms with Crippen molar-refractivity contribution in [1.82, 2.24) is 5.32 Å². The molecule has 0 aromatic carbocycles. The smallest absolute Gasteiger partial charge is 0.305 e. The van der Waals surface area contributed by atoms with Gasteiger partial charge in [0.25, 0.3) is 0 Å². The summed E-state index contributed by atoms with van der Waals surface area (Å²) in [5, 5.41) is 23.1. The van der Waals surface area contributed by atoms with E-state index >= 15 is 0 Å². The Kier molecular flexibility index (Phi) is 51.1. The van der Waals surface area contributed by atoms with Crippen LogP contribution in [0.25, 0.3) is 0 Å². The van der Waals surface area contributed by atoms with Crippen molar-refractivity contribution in [3.8, 4) is 0 Å². The zero-order valence-electron chi connectivity index (χ0n) is 42.1. The summed E-state index contributed by atoms with van der Waals surface area (Å²) < 4.78 is 5.45. The van der Waals surface area contributed by atoms with Gasteiger partial charge in [-0.05, 0) is 83.5 Å². The van der Waals surface area contributed by atoms with E-state index in [1.807, 2.05) is 6.08 Å². The molecule has 0 heterocycles. The minimum absolute atomic E-state index is 0.0227. The minimum Gasteiger partial charge on any atom is -0.466 e. The Morgan fingerprint density at radius 3 is 1.14 bits per heavy atom. The van der Waals surface area contributed by atoms with Crippen LogP contribution in [0, 0.1) is 0 Å². The maximum Gasteiger partial charge on any atom is 0.305 e. The molecule has 370 valence electrons. The molecule has 0 aliphatic rings. The van der Waals surface area contributed by atoms with E-state index in [0.29, 0.717) is 19.4 Å². The molecule has 63 heavy (non-hydrogen) atoms. The van der Waals surface area contributed by atoms with Crippen molar-refractivity contribution in [2.75, 3.05) is 13.2 Å². The van der Waals surface area contributed by atoms with E-state index in [-0.39, 0.29) is 18.5 Å². The standard InChI is InChI=1S/C57H107NO5/c1-3-5-7-9-11-13-15-17-19-20-21-22-23-25-29-33-37-41-45-49-55(60)54(53-59)58-56(61)50-46-42-38-34-30-26-24-28-32-36-40-44-48-52-63-57(62)51-47-43-39-35-31-27-18-16-14-12-10-8-6-4-2/h16,18,26,30,45,49,54-55,59-60H,3-15,17,19-25,27-29,31-44,46-48,50-53H2,1-2H3,(H,58,61)/b18-16-,30-26-,49-45+. The molecule has 1 amide bonds. The Bertz CT molecular complexity index is 1020. The quantitative estimate of drug-likeness (QED) is 0.0321. The summed E-state index contributed by atoms with van der Waals surface area (Å²) in [5.74, 6) is -0.120. The van der Waals surface area contributed by atoms with E-state index in [2.05, 4.69) is 43.5 Å². The molecule has 2 unspecified atom stereocenters. The molecule has 0 fully saturated rings. The van der Waals surface area contributed by atoms with Gasteiger partial charge >= 0.3 is 5.97 Å². The predicted octanol–water partition coefficient (Wildman–Crippen LogP) is 16.9. The summed E-state index contributed by atoms with van der Waals surface area (Å²) in [5.41, 5.74) is 0. The van der Waals surface area contributed by atoms with Gasteiger partial charge in [0.15, 0.2) is 0 Å². The molecule has 6 heteroatoms. The van der Waals surface area contributed by atoms with Crippen molar-refractivity contribution < 1.29 is 24.5 Å². The summed E-state index contributed by atoms with van der Waals surface area (Å²) in [7, 11) is 0. The molecular weight excluding hydrogens is 779 g/mol. The van der Waals surface area contributed by atoms with Crippen molar-refractivity contribution in [3.05, 3.63) is 36.5 Å². The fraction of sp³-hybridized carbons (Fsp3) is 0.860. The van der Waals surface area contributed by atoms with E-state index in [1.165, 1.54) is 193 Å². The zero-order valence-corrected chi connectivity index (χ0v) is 42.1. The summed E-state index contributed by atoms with van der Waals surface area (Å²) in [4.78, 5) is 24.5. The van der Waals surface area contributed by atoms with Crippen LogP contribution in [-0.2, 0) is 14.3 Å². The Morgan fingerprint density at radius 2 is 0.746 bits per heavy atom. The van der Waals surface area contributed by atoms with Crippen LogP contribution in [0.2, 0.25) is 0 Å². The zero-order chi connectivity index (χ0) is 45.8. The number of aliphatic hydroxyl groups is 2. The number of esters is 1. The molecule has 0 spiro atoms. The third-order valence-corrected chi connectivity index (χ3v) is 12.6. The monoisotopic (exact) mass is 886 g/mol. The fourth-order valence-corrected chi connectivity index (χ4v) is 8.33. The van der Waals surface area contributed by atoms with Crippen molar-refractivity contribution in [3.63, 3.8) is 0 Å². The van der Waals surface area contributed by atoms with Gasteiger partial charge in [-0.3, -0.25) is 9.59 Å². The highest BCUT2D eigenvalue weighted by molar-refractivity contribution is 5.76. The lowest BCUT2D eigenvalue weighted by Crippen LogP contribution is -2.45. The minimum atomic E-state index is -0.862. The number of hydrogen-bond donors (Lipinski definition) is 3. The van der Waals surface area contributed by atoms with Gasteiger partial charge in [0.05, 0.1) is 25.4 Å². The number of ether oxygens (including phenoxy) is 1. The molecular formula is C57H107NO5. The highest BCUT2D eigenvalue weighted by atomic mass is 16.5. The molecule has 0 bridgehead atoms. The molecule has 2 atom stereocenters. The fourth-order valence-electron chi connectivity index (χ4n) is 8.33. The van der Waals surface area contributed by atoms with Gasteiger partial charge in [-0.25, -0.2) is 0 Å². The molecule has 0 saturated carbocycles. The van der Waals surface area contributed by atoms with Gasteiger partial charge in [0.1, 0.15) is 0 Å². The first-order valence-electron chi connectivity index (χ1n) is 27.8. The van der Waals surface area contributed by atoms with Crippen LogP contribution in [0.3, 0.4) is 0 Å². The molecule has 3 N–H and O–H groups in total. The second kappa shape index (κ2) is 52.7. The summed E-state index contributed by atoms with van der Waals surface area (Å²) in [6.07, 6.45) is 64.4. The maximum absolute atomic E-state index is 12.4. The molecule has 0 aromatic heterocycles. The Hall–Kier alpha value is -1.92. The van der Waals surface area contributed by atoms with E-state index in [9.17, 15) is 19.8 Å². The summed E-state index contributed by atoms with van der Waals surface area (Å²) in [6, 6.07) is -0.649. The summed E-state index contributed by atoms with van der Waals surface area (Å²) >= 11 is 0. The Labute approximate surface area is 392 Å². The molecule has 0 radical (unpaired) electrons. The average molecular weight is 886 g/mol. The lowest BCUT2D eigenvalue weighted by molar-refractivity contribution is -0.143. The predicted molar refractivity (Wildman–Crippen MR) is 273 cm³/mol. The van der Waals surface area contributed by atoms with Crippen molar-refractivity contribution in [2.24, 2.45) is 0 Å². The molecule has 0 aliphatic heterocycles. The maximum atomic E-state index is 12.4. The van der Waals surface area contributed by atoms with Crippen LogP contribution in [0.4, 0.5) is 0 Å². The normalized spacial score (nSPS) is 12.9. The van der Waals surface area contributed by atoms with Crippen LogP contribution in [-0.4, -0.2) is 47.4 Å². The number of rotatable bonds is 51. The van der Waals surface area contributed by atoms with Crippen molar-refractivity contribution in [1.29, 1.82) is 0 Å². The van der Waals surface area contributed by atoms with Crippen LogP contribution >= 0.6 is 0 Å². The number of carbonyl (C=O) groups excluding carboxylic acids is 2. The highest BCUT2D eigenvalue weighted by Crippen LogP contribution is 2.16. The van der Waals surface area contributed by atoms with Crippen LogP contribution < -0.4 is 5.32 Å². The van der Waals surface area contributed by atoms with E-state index in [4.69, 9.17) is 4.74 Å². The third-order valence-electron chi connectivity index (χ3n) is 12.6. The van der Waals surface area contributed by atoms with E-state index in [0.717, 1.165) is 70.6 Å². The number of carbonyl (C=O) groups is 2. The molecule has 6 nitrogen and oxygen atoms in total. The number of aliphatic hydroxyl groups excluding tert-OH is 2. The highest BCUT2D eigenvalue weighted by Gasteiger charge is 2.18. The van der Waals surface area contributed by atoms with Crippen LogP contribution in [0.1, 0.15) is 290 Å². The van der Waals surface area contributed by atoms with Crippen molar-refractivity contribution >= 4 is 11.9 Å². The second-order valence-corrected chi connectivity index (χ2v) is 18.9. The molecule has 0 aliphatic carbocycles.